The van der Waals surface area contributed by atoms with Crippen LogP contribution in [0.5, 0.6) is 0 Å². The van der Waals surface area contributed by atoms with E-state index in [2.05, 4.69) is 17.1 Å². The zero-order valence-corrected chi connectivity index (χ0v) is 20.6. The molecule has 2 amide bonds. The van der Waals surface area contributed by atoms with E-state index in [9.17, 15) is 9.59 Å². The van der Waals surface area contributed by atoms with E-state index in [0.717, 1.165) is 43.5 Å². The van der Waals surface area contributed by atoms with Crippen molar-refractivity contribution in [2.24, 2.45) is 0 Å². The summed E-state index contributed by atoms with van der Waals surface area (Å²) >= 11 is 0. The number of rotatable bonds is 19. The normalized spacial score (nSPS) is 10.9. The lowest BCUT2D eigenvalue weighted by Gasteiger charge is -2.21. The van der Waals surface area contributed by atoms with Gasteiger partial charge >= 0.3 is 6.09 Å². The summed E-state index contributed by atoms with van der Waals surface area (Å²) in [6.45, 7) is 4.58. The zero-order chi connectivity index (χ0) is 23.4. The molecule has 0 heterocycles. The molecule has 1 aromatic rings. The molecule has 6 nitrogen and oxygen atoms in total. The second kappa shape index (κ2) is 18.5. The average Bonchev–Trinajstić information content (AvgIpc) is 2.79. The maximum absolute atomic E-state index is 12.0. The minimum Gasteiger partial charge on any atom is -0.445 e. The molecule has 0 saturated heterocycles. The summed E-state index contributed by atoms with van der Waals surface area (Å²) in [5.74, 6) is 0. The zero-order valence-electron chi connectivity index (χ0n) is 20.6. The molecule has 0 aromatic heterocycles. The average molecular weight is 448 g/mol. The molecular weight excluding hydrogens is 402 g/mol. The van der Waals surface area contributed by atoms with E-state index in [1.165, 1.54) is 51.4 Å². The minimum atomic E-state index is -0.425. The molecule has 32 heavy (non-hydrogen) atoms. The van der Waals surface area contributed by atoms with Crippen molar-refractivity contribution in [1.82, 2.24) is 10.2 Å². The van der Waals surface area contributed by atoms with Gasteiger partial charge in [-0.05, 0) is 39.5 Å². The van der Waals surface area contributed by atoms with Gasteiger partial charge in [0.05, 0.1) is 0 Å². The van der Waals surface area contributed by atoms with Crippen LogP contribution in [0.15, 0.2) is 24.3 Å². The Morgan fingerprint density at radius 3 is 2.16 bits per heavy atom. The van der Waals surface area contributed by atoms with Gasteiger partial charge in [0, 0.05) is 24.3 Å². The Kier molecular flexibility index (Phi) is 16.1. The third-order valence-corrected chi connectivity index (χ3v) is 5.59. The molecule has 0 unspecified atom stereocenters. The molecule has 182 valence electrons. The number of unbranched alkanes of at least 4 members (excludes halogenated alkanes) is 9. The van der Waals surface area contributed by atoms with Crippen molar-refractivity contribution in [2.75, 3.05) is 38.6 Å². The van der Waals surface area contributed by atoms with Crippen molar-refractivity contribution in [3.05, 3.63) is 29.8 Å². The molecule has 1 N–H and O–H groups in total. The fraction of sp³-hybridized carbons (Fsp3) is 0.692. The Morgan fingerprint density at radius 1 is 0.906 bits per heavy atom. The number of carbonyl (C=O) groups is 2. The molecule has 0 spiro atoms. The van der Waals surface area contributed by atoms with Crippen molar-refractivity contribution in [2.45, 2.75) is 84.2 Å². The molecular formula is C26H45N3O3. The van der Waals surface area contributed by atoms with Crippen molar-refractivity contribution in [3.8, 4) is 0 Å². The Bertz CT molecular complexity index is 622. The number of amides is 2. The topological polar surface area (TPSA) is 61.9 Å². The van der Waals surface area contributed by atoms with E-state index in [1.807, 2.05) is 38.4 Å². The van der Waals surface area contributed by atoms with Crippen LogP contribution in [-0.2, 0) is 16.1 Å². The molecule has 0 bridgehead atoms. The first kappa shape index (κ1) is 28.0. The molecule has 0 radical (unpaired) electrons. The second-order valence-corrected chi connectivity index (χ2v) is 8.77. The summed E-state index contributed by atoms with van der Waals surface area (Å²) in [7, 11) is 4.01. The summed E-state index contributed by atoms with van der Waals surface area (Å²) in [5, 5.41) is 2.77. The molecule has 0 aliphatic carbocycles. The summed E-state index contributed by atoms with van der Waals surface area (Å²) < 4.78 is 5.37. The largest absolute Gasteiger partial charge is 0.445 e. The number of hydrogen-bond donors (Lipinski definition) is 1. The van der Waals surface area contributed by atoms with E-state index in [4.69, 9.17) is 4.74 Å². The molecule has 1 aromatic carbocycles. The van der Waals surface area contributed by atoms with Crippen LogP contribution in [0.25, 0.3) is 0 Å². The van der Waals surface area contributed by atoms with E-state index in [-0.39, 0.29) is 6.61 Å². The van der Waals surface area contributed by atoms with Crippen LogP contribution >= 0.6 is 0 Å². The summed E-state index contributed by atoms with van der Waals surface area (Å²) in [4.78, 5) is 27.5. The van der Waals surface area contributed by atoms with Crippen LogP contribution < -0.4 is 10.2 Å². The number of nitrogens with zero attached hydrogens (tertiary/aromatic N) is 2. The minimum absolute atomic E-state index is 0.151. The third-order valence-electron chi connectivity index (χ3n) is 5.59. The van der Waals surface area contributed by atoms with Gasteiger partial charge in [0.25, 0.3) is 0 Å². The Morgan fingerprint density at radius 2 is 1.53 bits per heavy atom. The maximum Gasteiger partial charge on any atom is 0.407 e. The number of carbonyl (C=O) groups excluding carboxylic acids is 2. The van der Waals surface area contributed by atoms with Gasteiger partial charge in [-0.25, -0.2) is 4.79 Å². The number of alkyl carbamates (subject to hydrolysis) is 1. The first-order chi connectivity index (χ1) is 15.6. The molecule has 0 saturated carbocycles. The maximum atomic E-state index is 12.0. The van der Waals surface area contributed by atoms with E-state index in [1.54, 1.807) is 4.90 Å². The number of hydrogen-bond acceptors (Lipinski definition) is 4. The van der Waals surface area contributed by atoms with Crippen molar-refractivity contribution < 1.29 is 14.3 Å². The summed E-state index contributed by atoms with van der Waals surface area (Å²) in [6.07, 6.45) is 14.0. The van der Waals surface area contributed by atoms with Crippen LogP contribution in [0.1, 0.15) is 83.1 Å². The summed E-state index contributed by atoms with van der Waals surface area (Å²) in [6, 6.07) is 7.64. The first-order valence-corrected chi connectivity index (χ1v) is 12.4. The van der Waals surface area contributed by atoms with Crippen LogP contribution in [-0.4, -0.2) is 51.1 Å². The van der Waals surface area contributed by atoms with Crippen molar-refractivity contribution in [3.63, 3.8) is 0 Å². The quantitative estimate of drug-likeness (QED) is 0.217. The van der Waals surface area contributed by atoms with E-state index < -0.39 is 6.09 Å². The molecule has 0 aliphatic heterocycles. The first-order valence-electron chi connectivity index (χ1n) is 12.4. The number of anilines is 1. The highest BCUT2D eigenvalue weighted by Gasteiger charge is 2.12. The monoisotopic (exact) mass is 447 g/mol. The Balaban J connectivity index is 2.33. The highest BCUT2D eigenvalue weighted by Crippen LogP contribution is 2.21. The second-order valence-electron chi connectivity index (χ2n) is 8.77. The lowest BCUT2D eigenvalue weighted by Crippen LogP contribution is -2.28. The highest BCUT2D eigenvalue weighted by molar-refractivity contribution is 5.77. The molecule has 0 aliphatic rings. The van der Waals surface area contributed by atoms with Gasteiger partial charge in [-0.1, -0.05) is 82.9 Å². The molecule has 0 fully saturated rings. The van der Waals surface area contributed by atoms with Gasteiger partial charge in [-0.2, -0.15) is 0 Å². The van der Waals surface area contributed by atoms with Gasteiger partial charge < -0.3 is 19.9 Å². The Hall–Kier alpha value is -2.08. The van der Waals surface area contributed by atoms with Gasteiger partial charge in [-0.15, -0.1) is 0 Å². The predicted molar refractivity (Wildman–Crippen MR) is 133 cm³/mol. The molecule has 0 atom stereocenters. The van der Waals surface area contributed by atoms with Gasteiger partial charge in [0.1, 0.15) is 6.61 Å². The lowest BCUT2D eigenvalue weighted by molar-refractivity contribution is -0.107. The smallest absolute Gasteiger partial charge is 0.407 e. The van der Waals surface area contributed by atoms with Gasteiger partial charge in [0.15, 0.2) is 0 Å². The predicted octanol–water partition coefficient (Wildman–Crippen LogP) is 5.75. The highest BCUT2D eigenvalue weighted by atomic mass is 16.5. The number of ether oxygens (including phenoxy) is 1. The van der Waals surface area contributed by atoms with Crippen LogP contribution in [0.2, 0.25) is 0 Å². The third kappa shape index (κ3) is 13.4. The number of nitrogens with one attached hydrogen (secondary N) is 1. The van der Waals surface area contributed by atoms with Gasteiger partial charge in [0.2, 0.25) is 6.41 Å². The number of para-hydroxylation sites is 1. The number of benzene rings is 1. The SMILES string of the molecule is CCCCCCCCCCCCN(C=O)c1ccccc1COC(=O)NCCCN(C)C. The van der Waals surface area contributed by atoms with Crippen LogP contribution in [0.4, 0.5) is 10.5 Å². The molecule has 1 rings (SSSR count). The molecule has 6 heteroatoms. The lowest BCUT2D eigenvalue weighted by atomic mass is 10.1. The van der Waals surface area contributed by atoms with Crippen molar-refractivity contribution >= 4 is 18.2 Å². The summed E-state index contributed by atoms with van der Waals surface area (Å²) in [5.41, 5.74) is 1.66. The van der Waals surface area contributed by atoms with Crippen LogP contribution in [0, 0.1) is 0 Å². The van der Waals surface area contributed by atoms with Crippen LogP contribution in [0.3, 0.4) is 0 Å². The van der Waals surface area contributed by atoms with Gasteiger partial charge in [-0.3, -0.25) is 4.79 Å². The van der Waals surface area contributed by atoms with Crippen molar-refractivity contribution in [1.29, 1.82) is 0 Å². The fourth-order valence-corrected chi connectivity index (χ4v) is 3.69. The van der Waals surface area contributed by atoms with E-state index in [0.29, 0.717) is 13.1 Å². The Labute approximate surface area is 195 Å². The van der Waals surface area contributed by atoms with E-state index >= 15 is 0 Å². The standard InChI is InChI=1S/C26H45N3O3/c1-4-5-6-7-8-9-10-11-12-15-21-29(23-30)25-18-14-13-17-24(25)22-32-26(31)27-19-16-20-28(2)3/h13-14,17-18,23H,4-12,15-16,19-22H2,1-3H3,(H,27,31). The fourth-order valence-electron chi connectivity index (χ4n) is 3.69.